The van der Waals surface area contributed by atoms with E-state index in [2.05, 4.69) is 36.3 Å². The summed E-state index contributed by atoms with van der Waals surface area (Å²) < 4.78 is 10.8. The van der Waals surface area contributed by atoms with Gasteiger partial charge in [-0.1, -0.05) is 6.92 Å². The van der Waals surface area contributed by atoms with Gasteiger partial charge in [-0.25, -0.2) is 0 Å². The van der Waals surface area contributed by atoms with E-state index in [1.54, 1.807) is 14.2 Å². The van der Waals surface area contributed by atoms with Crippen LogP contribution in [0.15, 0.2) is 18.2 Å². The zero-order valence-electron chi connectivity index (χ0n) is 13.0. The van der Waals surface area contributed by atoms with Crippen LogP contribution in [0, 0.1) is 5.92 Å². The second-order valence-electron chi connectivity index (χ2n) is 5.43. The molecule has 1 aliphatic rings. The van der Waals surface area contributed by atoms with Crippen LogP contribution in [0.1, 0.15) is 24.9 Å². The number of rotatable bonds is 6. The molecule has 2 unspecified atom stereocenters. The second-order valence-corrected chi connectivity index (χ2v) is 5.43. The lowest BCUT2D eigenvalue weighted by molar-refractivity contribution is 0.271. The van der Waals surface area contributed by atoms with E-state index in [0.29, 0.717) is 12.0 Å². The van der Waals surface area contributed by atoms with E-state index < -0.39 is 0 Å². The average molecular weight is 278 g/mol. The van der Waals surface area contributed by atoms with Crippen LogP contribution in [-0.4, -0.2) is 45.8 Å². The lowest BCUT2D eigenvalue weighted by Crippen LogP contribution is -2.28. The molecule has 4 heteroatoms. The van der Waals surface area contributed by atoms with E-state index in [0.717, 1.165) is 31.1 Å². The fourth-order valence-corrected chi connectivity index (χ4v) is 3.10. The van der Waals surface area contributed by atoms with E-state index in [1.807, 2.05) is 6.07 Å². The molecule has 112 valence electrons. The van der Waals surface area contributed by atoms with Crippen LogP contribution < -0.4 is 14.8 Å². The number of nitrogens with one attached hydrogen (secondary N) is 1. The molecule has 0 spiro atoms. The van der Waals surface area contributed by atoms with Gasteiger partial charge < -0.3 is 14.8 Å². The van der Waals surface area contributed by atoms with Crippen LogP contribution in [0.5, 0.6) is 11.5 Å². The number of hydrogen-bond acceptors (Lipinski definition) is 4. The monoisotopic (exact) mass is 278 g/mol. The van der Waals surface area contributed by atoms with E-state index in [1.165, 1.54) is 12.0 Å². The first-order valence-electron chi connectivity index (χ1n) is 7.33. The summed E-state index contributed by atoms with van der Waals surface area (Å²) in [5, 5.41) is 3.48. The maximum absolute atomic E-state index is 5.39. The molecule has 0 amide bonds. The van der Waals surface area contributed by atoms with Crippen LogP contribution in [0.3, 0.4) is 0 Å². The third-order valence-corrected chi connectivity index (χ3v) is 4.15. The molecule has 0 bridgehead atoms. The summed E-state index contributed by atoms with van der Waals surface area (Å²) in [7, 11) is 5.60. The summed E-state index contributed by atoms with van der Waals surface area (Å²) in [4.78, 5) is 2.43. The predicted octanol–water partition coefficient (Wildman–Crippen LogP) is 2.31. The third kappa shape index (κ3) is 3.25. The van der Waals surface area contributed by atoms with Crippen molar-refractivity contribution in [3.8, 4) is 11.5 Å². The molecule has 1 aromatic rings. The van der Waals surface area contributed by atoms with Gasteiger partial charge in [0.15, 0.2) is 0 Å². The minimum Gasteiger partial charge on any atom is -0.497 e. The maximum Gasteiger partial charge on any atom is 0.122 e. The molecule has 4 nitrogen and oxygen atoms in total. The summed E-state index contributed by atoms with van der Waals surface area (Å²) in [6.45, 7) is 5.38. The average Bonchev–Trinajstić information content (AvgIpc) is 2.85. The highest BCUT2D eigenvalue weighted by molar-refractivity contribution is 5.40. The van der Waals surface area contributed by atoms with Gasteiger partial charge in [0, 0.05) is 12.1 Å². The van der Waals surface area contributed by atoms with Crippen molar-refractivity contribution in [2.45, 2.75) is 19.4 Å². The summed E-state index contributed by atoms with van der Waals surface area (Å²) in [6, 6.07) is 6.62. The fourth-order valence-electron chi connectivity index (χ4n) is 3.10. The Morgan fingerprint density at radius 3 is 2.40 bits per heavy atom. The zero-order valence-corrected chi connectivity index (χ0v) is 13.0. The molecule has 1 aliphatic heterocycles. The Balaban J connectivity index is 2.26. The molecule has 1 heterocycles. The van der Waals surface area contributed by atoms with Crippen LogP contribution in [0.25, 0.3) is 0 Å². The first-order valence-corrected chi connectivity index (χ1v) is 7.33. The van der Waals surface area contributed by atoms with Crippen molar-refractivity contribution in [2.24, 2.45) is 5.92 Å². The first-order chi connectivity index (χ1) is 9.69. The Morgan fingerprint density at radius 1 is 1.20 bits per heavy atom. The minimum absolute atomic E-state index is 0.429. The SMILES string of the molecule is CCNCC1CCN(C)C1c1cc(OC)cc(OC)c1. The Kier molecular flexibility index (Phi) is 5.26. The number of ether oxygens (including phenoxy) is 2. The quantitative estimate of drug-likeness (QED) is 0.866. The molecule has 1 saturated heterocycles. The smallest absolute Gasteiger partial charge is 0.122 e. The van der Waals surface area contributed by atoms with Gasteiger partial charge >= 0.3 is 0 Å². The molecule has 0 radical (unpaired) electrons. The Morgan fingerprint density at radius 2 is 1.85 bits per heavy atom. The third-order valence-electron chi connectivity index (χ3n) is 4.15. The van der Waals surface area contributed by atoms with Crippen molar-refractivity contribution >= 4 is 0 Å². The van der Waals surface area contributed by atoms with Crippen LogP contribution in [0.4, 0.5) is 0 Å². The molecule has 0 saturated carbocycles. The standard InChI is InChI=1S/C16H26N2O2/c1-5-17-11-12-6-7-18(2)16(12)13-8-14(19-3)10-15(9-13)20-4/h8-10,12,16-17H,5-7,11H2,1-4H3. The number of hydrogen-bond donors (Lipinski definition) is 1. The largest absolute Gasteiger partial charge is 0.497 e. The van der Waals surface area contributed by atoms with Crippen molar-refractivity contribution in [1.82, 2.24) is 10.2 Å². The molecular formula is C16H26N2O2. The normalized spacial score (nSPS) is 23.0. The zero-order chi connectivity index (χ0) is 14.5. The van der Waals surface area contributed by atoms with Gasteiger partial charge in [-0.15, -0.1) is 0 Å². The highest BCUT2D eigenvalue weighted by Crippen LogP contribution is 2.38. The molecule has 1 fully saturated rings. The van der Waals surface area contributed by atoms with Crippen molar-refractivity contribution in [3.05, 3.63) is 23.8 Å². The lowest BCUT2D eigenvalue weighted by atomic mass is 9.93. The van der Waals surface area contributed by atoms with Gasteiger partial charge in [-0.05, 0) is 56.7 Å². The Bertz CT molecular complexity index is 414. The minimum atomic E-state index is 0.429. The van der Waals surface area contributed by atoms with Crippen LogP contribution >= 0.6 is 0 Å². The van der Waals surface area contributed by atoms with Gasteiger partial charge in [0.1, 0.15) is 11.5 Å². The number of methoxy groups -OCH3 is 2. The second kappa shape index (κ2) is 6.95. The summed E-state index contributed by atoms with van der Waals surface area (Å²) in [5.74, 6) is 2.36. The maximum atomic E-state index is 5.39. The number of nitrogens with zero attached hydrogens (tertiary/aromatic N) is 1. The Hall–Kier alpha value is -1.26. The van der Waals surface area contributed by atoms with Crippen molar-refractivity contribution in [2.75, 3.05) is 40.9 Å². The van der Waals surface area contributed by atoms with Gasteiger partial charge in [-0.3, -0.25) is 4.90 Å². The summed E-state index contributed by atoms with van der Waals surface area (Å²) in [5.41, 5.74) is 1.28. The molecule has 0 aromatic heterocycles. The molecule has 20 heavy (non-hydrogen) atoms. The number of benzene rings is 1. The highest BCUT2D eigenvalue weighted by atomic mass is 16.5. The van der Waals surface area contributed by atoms with Crippen molar-refractivity contribution < 1.29 is 9.47 Å². The number of likely N-dealkylation sites (tertiary alicyclic amines) is 1. The van der Waals surface area contributed by atoms with Gasteiger partial charge in [0.25, 0.3) is 0 Å². The van der Waals surface area contributed by atoms with Gasteiger partial charge in [0.2, 0.25) is 0 Å². The molecule has 1 aromatic carbocycles. The molecule has 0 aliphatic carbocycles. The fraction of sp³-hybridized carbons (Fsp3) is 0.625. The van der Waals surface area contributed by atoms with Gasteiger partial charge in [-0.2, -0.15) is 0 Å². The summed E-state index contributed by atoms with van der Waals surface area (Å²) in [6.07, 6.45) is 1.23. The van der Waals surface area contributed by atoms with E-state index in [9.17, 15) is 0 Å². The van der Waals surface area contributed by atoms with Crippen molar-refractivity contribution in [3.63, 3.8) is 0 Å². The highest BCUT2D eigenvalue weighted by Gasteiger charge is 2.33. The van der Waals surface area contributed by atoms with E-state index >= 15 is 0 Å². The lowest BCUT2D eigenvalue weighted by Gasteiger charge is -2.26. The molecule has 2 atom stereocenters. The van der Waals surface area contributed by atoms with Crippen LogP contribution in [-0.2, 0) is 0 Å². The first kappa shape index (κ1) is 15.1. The molecule has 1 N–H and O–H groups in total. The molecular weight excluding hydrogens is 252 g/mol. The predicted molar refractivity (Wildman–Crippen MR) is 81.6 cm³/mol. The van der Waals surface area contributed by atoms with E-state index in [4.69, 9.17) is 9.47 Å². The van der Waals surface area contributed by atoms with Crippen molar-refractivity contribution in [1.29, 1.82) is 0 Å². The summed E-state index contributed by atoms with van der Waals surface area (Å²) >= 11 is 0. The van der Waals surface area contributed by atoms with Crippen LogP contribution in [0.2, 0.25) is 0 Å². The van der Waals surface area contributed by atoms with Gasteiger partial charge in [0.05, 0.1) is 14.2 Å². The topological polar surface area (TPSA) is 33.7 Å². The van der Waals surface area contributed by atoms with E-state index in [-0.39, 0.29) is 0 Å². The Labute approximate surface area is 122 Å². The molecule has 2 rings (SSSR count).